The summed E-state index contributed by atoms with van der Waals surface area (Å²) in [5.41, 5.74) is 0.819. The lowest BCUT2D eigenvalue weighted by Crippen LogP contribution is -2.49. The van der Waals surface area contributed by atoms with E-state index in [4.69, 9.17) is 0 Å². The Morgan fingerprint density at radius 2 is 1.89 bits per heavy atom. The highest BCUT2D eigenvalue weighted by Gasteiger charge is 2.42. The molecule has 2 aromatic heterocycles. The zero-order chi connectivity index (χ0) is 19.7. The van der Waals surface area contributed by atoms with Crippen molar-refractivity contribution < 1.29 is 18.0 Å². The lowest BCUT2D eigenvalue weighted by atomic mass is 9.95. The first-order valence-corrected chi connectivity index (χ1v) is 9.78. The van der Waals surface area contributed by atoms with Crippen molar-refractivity contribution >= 4 is 11.6 Å². The average molecular weight is 395 g/mol. The van der Waals surface area contributed by atoms with Crippen LogP contribution in [-0.4, -0.2) is 69.2 Å². The Bertz CT molecular complexity index is 828. The lowest BCUT2D eigenvalue weighted by Gasteiger charge is -2.36. The van der Waals surface area contributed by atoms with Gasteiger partial charge in [0, 0.05) is 25.2 Å². The van der Waals surface area contributed by atoms with Gasteiger partial charge < -0.3 is 4.90 Å². The molecule has 1 atom stereocenters. The summed E-state index contributed by atoms with van der Waals surface area (Å²) in [6.45, 7) is 1.87. The molecule has 0 bridgehead atoms. The monoisotopic (exact) mass is 395 g/mol. The minimum absolute atomic E-state index is 0.116. The summed E-state index contributed by atoms with van der Waals surface area (Å²) in [5.74, 6) is -0.378. The Kier molecular flexibility index (Phi) is 5.27. The van der Waals surface area contributed by atoms with Crippen LogP contribution in [0.25, 0.3) is 5.65 Å². The first-order chi connectivity index (χ1) is 13.4. The second-order valence-electron chi connectivity index (χ2n) is 7.76. The van der Waals surface area contributed by atoms with Crippen molar-refractivity contribution in [2.24, 2.45) is 5.92 Å². The molecule has 2 fully saturated rings. The molecule has 2 aliphatic heterocycles. The van der Waals surface area contributed by atoms with Gasteiger partial charge >= 0.3 is 6.18 Å². The van der Waals surface area contributed by atoms with Gasteiger partial charge in [-0.3, -0.25) is 14.1 Å². The highest BCUT2D eigenvalue weighted by atomic mass is 19.4. The van der Waals surface area contributed by atoms with Crippen molar-refractivity contribution in [1.29, 1.82) is 0 Å². The van der Waals surface area contributed by atoms with Crippen LogP contribution in [0.15, 0.2) is 24.4 Å². The van der Waals surface area contributed by atoms with E-state index in [0.717, 1.165) is 37.4 Å². The third kappa shape index (κ3) is 3.99. The highest BCUT2D eigenvalue weighted by molar-refractivity contribution is 5.78. The largest absolute Gasteiger partial charge is 0.393 e. The van der Waals surface area contributed by atoms with Crippen LogP contribution < -0.4 is 0 Å². The molecule has 0 aromatic carbocycles. The molecule has 1 amide bonds. The molecule has 2 saturated heterocycles. The minimum atomic E-state index is -4.22. The molecule has 2 aliphatic rings. The zero-order valence-electron chi connectivity index (χ0n) is 15.6. The molecule has 4 heterocycles. The molecule has 28 heavy (non-hydrogen) atoms. The molecule has 9 heteroatoms. The molecule has 0 unspecified atom stereocenters. The van der Waals surface area contributed by atoms with E-state index >= 15 is 0 Å². The highest BCUT2D eigenvalue weighted by Crippen LogP contribution is 2.33. The standard InChI is InChI=1S/C19H24F3N5O/c20-19(21,22)15-4-3-8-26(12-15)17(28)13-25-10-6-14(7-11-25)18-24-23-16-5-1-2-9-27(16)18/h1-2,5,9,14-15H,3-4,6-8,10-13H2/t15-/m0/s1. The van der Waals surface area contributed by atoms with Crippen molar-refractivity contribution in [2.75, 3.05) is 32.7 Å². The van der Waals surface area contributed by atoms with Crippen LogP contribution in [0.3, 0.4) is 0 Å². The van der Waals surface area contributed by atoms with Crippen LogP contribution >= 0.6 is 0 Å². The number of hydrogen-bond donors (Lipinski definition) is 0. The topological polar surface area (TPSA) is 53.7 Å². The Balaban J connectivity index is 1.31. The predicted octanol–water partition coefficient (Wildman–Crippen LogP) is 2.71. The number of piperidine rings is 2. The van der Waals surface area contributed by atoms with E-state index in [9.17, 15) is 18.0 Å². The van der Waals surface area contributed by atoms with E-state index in [1.807, 2.05) is 33.7 Å². The minimum Gasteiger partial charge on any atom is -0.341 e. The van der Waals surface area contributed by atoms with Crippen LogP contribution in [0, 0.1) is 5.92 Å². The molecule has 0 saturated carbocycles. The van der Waals surface area contributed by atoms with Crippen LogP contribution in [0.4, 0.5) is 13.2 Å². The Hall–Kier alpha value is -2.16. The van der Waals surface area contributed by atoms with Gasteiger partial charge in [0.25, 0.3) is 0 Å². The molecule has 6 nitrogen and oxygen atoms in total. The third-order valence-corrected chi connectivity index (χ3v) is 5.89. The van der Waals surface area contributed by atoms with E-state index < -0.39 is 12.1 Å². The molecule has 0 radical (unpaired) electrons. The molecule has 0 N–H and O–H groups in total. The van der Waals surface area contributed by atoms with Crippen LogP contribution in [0.1, 0.15) is 37.4 Å². The molecule has 4 rings (SSSR count). The lowest BCUT2D eigenvalue weighted by molar-refractivity contribution is -0.188. The molecule has 0 spiro atoms. The number of nitrogens with zero attached hydrogens (tertiary/aromatic N) is 5. The second-order valence-corrected chi connectivity index (χ2v) is 7.76. The second kappa shape index (κ2) is 7.69. The zero-order valence-corrected chi connectivity index (χ0v) is 15.6. The number of hydrogen-bond acceptors (Lipinski definition) is 4. The summed E-state index contributed by atoms with van der Waals surface area (Å²) in [7, 11) is 0. The summed E-state index contributed by atoms with van der Waals surface area (Å²) in [4.78, 5) is 15.9. The average Bonchev–Trinajstić information content (AvgIpc) is 3.12. The Morgan fingerprint density at radius 1 is 1.11 bits per heavy atom. The van der Waals surface area contributed by atoms with Crippen LogP contribution in [0.5, 0.6) is 0 Å². The van der Waals surface area contributed by atoms with Gasteiger partial charge in [0.2, 0.25) is 5.91 Å². The smallest absolute Gasteiger partial charge is 0.341 e. The first-order valence-electron chi connectivity index (χ1n) is 9.78. The molecular weight excluding hydrogens is 371 g/mol. The summed E-state index contributed by atoms with van der Waals surface area (Å²) in [5, 5.41) is 8.52. The van der Waals surface area contributed by atoms with E-state index in [-0.39, 0.29) is 31.3 Å². The molecule has 2 aromatic rings. The number of amides is 1. The number of fused-ring (bicyclic) bond motifs is 1. The number of alkyl halides is 3. The maximum absolute atomic E-state index is 13.0. The fourth-order valence-electron chi connectivity index (χ4n) is 4.25. The normalized spacial score (nSPS) is 22.7. The van der Waals surface area contributed by atoms with Crippen molar-refractivity contribution in [2.45, 2.75) is 37.8 Å². The van der Waals surface area contributed by atoms with Gasteiger partial charge in [0.05, 0.1) is 12.5 Å². The van der Waals surface area contributed by atoms with E-state index in [0.29, 0.717) is 13.0 Å². The maximum Gasteiger partial charge on any atom is 0.393 e. The number of rotatable bonds is 3. The van der Waals surface area contributed by atoms with Gasteiger partial charge in [-0.15, -0.1) is 10.2 Å². The summed E-state index contributed by atoms with van der Waals surface area (Å²) < 4.78 is 40.9. The van der Waals surface area contributed by atoms with Crippen molar-refractivity contribution in [3.63, 3.8) is 0 Å². The fraction of sp³-hybridized carbons (Fsp3) is 0.632. The number of carbonyl (C=O) groups is 1. The molecule has 0 aliphatic carbocycles. The maximum atomic E-state index is 13.0. The van der Waals surface area contributed by atoms with Gasteiger partial charge in [0.1, 0.15) is 5.82 Å². The molecule has 152 valence electrons. The van der Waals surface area contributed by atoms with Crippen molar-refractivity contribution in [3.05, 3.63) is 30.2 Å². The van der Waals surface area contributed by atoms with Crippen LogP contribution in [0.2, 0.25) is 0 Å². The fourth-order valence-corrected chi connectivity index (χ4v) is 4.25. The predicted molar refractivity (Wildman–Crippen MR) is 96.8 cm³/mol. The number of pyridine rings is 1. The van der Waals surface area contributed by atoms with Gasteiger partial charge in [-0.05, 0) is 50.9 Å². The van der Waals surface area contributed by atoms with Crippen molar-refractivity contribution in [3.8, 4) is 0 Å². The SMILES string of the molecule is O=C(CN1CCC(c2nnc3ccccn23)CC1)N1CCC[C@H](C(F)(F)F)C1. The number of halogens is 3. The Morgan fingerprint density at radius 3 is 2.64 bits per heavy atom. The van der Waals surface area contributed by atoms with Gasteiger partial charge in [-0.2, -0.15) is 13.2 Å². The summed E-state index contributed by atoms with van der Waals surface area (Å²) >= 11 is 0. The quantitative estimate of drug-likeness (QED) is 0.802. The van der Waals surface area contributed by atoms with Gasteiger partial charge in [-0.1, -0.05) is 6.07 Å². The van der Waals surface area contributed by atoms with Crippen molar-refractivity contribution in [1.82, 2.24) is 24.4 Å². The first kappa shape index (κ1) is 19.2. The summed E-state index contributed by atoms with van der Waals surface area (Å²) in [6.07, 6.45) is -0.0302. The van der Waals surface area contributed by atoms with E-state index in [1.165, 1.54) is 4.90 Å². The van der Waals surface area contributed by atoms with E-state index in [1.54, 1.807) is 0 Å². The Labute approximate surface area is 161 Å². The van der Waals surface area contributed by atoms with Gasteiger partial charge in [-0.25, -0.2) is 0 Å². The van der Waals surface area contributed by atoms with Crippen LogP contribution in [-0.2, 0) is 4.79 Å². The third-order valence-electron chi connectivity index (χ3n) is 5.89. The molecular formula is C19H24F3N5O. The number of carbonyl (C=O) groups excluding carboxylic acids is 1. The number of likely N-dealkylation sites (tertiary alicyclic amines) is 2. The van der Waals surface area contributed by atoms with E-state index in [2.05, 4.69) is 10.2 Å². The summed E-state index contributed by atoms with van der Waals surface area (Å²) in [6, 6.07) is 5.78. The number of aromatic nitrogens is 3. The van der Waals surface area contributed by atoms with Gasteiger partial charge in [0.15, 0.2) is 5.65 Å².